The van der Waals surface area contributed by atoms with Gasteiger partial charge in [0.1, 0.15) is 6.04 Å². The molecule has 0 radical (unpaired) electrons. The smallest absolute Gasteiger partial charge is 0.271 e. The molecule has 0 aliphatic carbocycles. The van der Waals surface area contributed by atoms with Crippen LogP contribution in [0.25, 0.3) is 0 Å². The number of carbonyl (C=O) groups excluding carboxylic acids is 1. The second-order valence-corrected chi connectivity index (χ2v) is 11.1. The summed E-state index contributed by atoms with van der Waals surface area (Å²) in [5.41, 5.74) is 1.97. The summed E-state index contributed by atoms with van der Waals surface area (Å²) in [6.45, 7) is 5.57. The number of rotatable bonds is 6. The Morgan fingerprint density at radius 3 is 2.47 bits per heavy atom. The van der Waals surface area contributed by atoms with E-state index in [4.69, 9.17) is 0 Å². The van der Waals surface area contributed by atoms with Gasteiger partial charge in [0.05, 0.1) is 31.0 Å². The Morgan fingerprint density at radius 1 is 1.12 bits per heavy atom. The van der Waals surface area contributed by atoms with Gasteiger partial charge in [-0.1, -0.05) is 41.6 Å². The van der Waals surface area contributed by atoms with Crippen LogP contribution in [0.1, 0.15) is 34.6 Å². The van der Waals surface area contributed by atoms with Crippen LogP contribution in [0.4, 0.5) is 5.69 Å². The summed E-state index contributed by atoms with van der Waals surface area (Å²) in [6, 6.07) is 12.1. The molecule has 0 amide bonds. The normalized spacial score (nSPS) is 16.6. The van der Waals surface area contributed by atoms with Crippen LogP contribution in [0.5, 0.6) is 0 Å². The fraction of sp³-hybridized carbons (Fsp3) is 0.304. The summed E-state index contributed by atoms with van der Waals surface area (Å²) in [5.74, 6) is -0.428. The van der Waals surface area contributed by atoms with Crippen LogP contribution in [-0.2, 0) is 10.0 Å². The van der Waals surface area contributed by atoms with Crippen LogP contribution in [0, 0.1) is 30.9 Å². The average molecular weight is 501 g/mol. The molecule has 34 heavy (non-hydrogen) atoms. The Hall–Kier alpha value is -3.02. The zero-order valence-corrected chi connectivity index (χ0v) is 20.6. The van der Waals surface area contributed by atoms with Crippen molar-refractivity contribution in [1.82, 2.24) is 14.1 Å². The van der Waals surface area contributed by atoms with E-state index in [1.54, 1.807) is 56.3 Å². The van der Waals surface area contributed by atoms with Gasteiger partial charge in [-0.3, -0.25) is 14.9 Å². The maximum atomic E-state index is 13.5. The van der Waals surface area contributed by atoms with Gasteiger partial charge >= 0.3 is 0 Å². The van der Waals surface area contributed by atoms with Crippen molar-refractivity contribution in [3.63, 3.8) is 0 Å². The highest BCUT2D eigenvalue weighted by molar-refractivity contribution is 7.99. The third kappa shape index (κ3) is 4.38. The van der Waals surface area contributed by atoms with Crippen LogP contribution in [0.3, 0.4) is 0 Å². The molecule has 1 saturated heterocycles. The number of nitrogens with zero attached hydrogens (tertiary/aromatic N) is 4. The standard InChI is InChI=1S/C23H24N4O5S2/c1-15-10-12-18(13-11-15)34(31,32)25-14-6-8-20(25)23(28)26-17(3)22(16(2)24-26)33-21-9-5-4-7-19(21)27(29)30/h4-5,7,9-13,20H,6,8,14H2,1-3H3/t20-/m1/s1. The molecule has 178 valence electrons. The SMILES string of the molecule is Cc1ccc(S(=O)(=O)N2CCC[C@@H]2C(=O)n2nc(C)c(Sc3ccccc3[N+](=O)[O-])c2C)cc1. The Bertz CT molecular complexity index is 1370. The van der Waals surface area contributed by atoms with E-state index in [-0.39, 0.29) is 17.1 Å². The summed E-state index contributed by atoms with van der Waals surface area (Å²) in [4.78, 5) is 25.6. The van der Waals surface area contributed by atoms with E-state index >= 15 is 0 Å². The van der Waals surface area contributed by atoms with Crippen molar-refractivity contribution in [2.45, 2.75) is 54.3 Å². The van der Waals surface area contributed by atoms with Gasteiger partial charge < -0.3 is 0 Å². The lowest BCUT2D eigenvalue weighted by Crippen LogP contribution is -2.43. The van der Waals surface area contributed by atoms with Gasteiger partial charge in [0.2, 0.25) is 10.0 Å². The number of aryl methyl sites for hydroxylation is 2. The molecule has 0 unspecified atom stereocenters. The monoisotopic (exact) mass is 500 g/mol. The first-order valence-corrected chi connectivity index (χ1v) is 13.0. The quantitative estimate of drug-likeness (QED) is 0.365. The van der Waals surface area contributed by atoms with E-state index in [0.717, 1.165) is 5.56 Å². The number of aromatic nitrogens is 2. The summed E-state index contributed by atoms with van der Waals surface area (Å²) >= 11 is 1.17. The lowest BCUT2D eigenvalue weighted by molar-refractivity contribution is -0.387. The van der Waals surface area contributed by atoms with Crippen molar-refractivity contribution >= 4 is 33.4 Å². The molecular formula is C23H24N4O5S2. The molecule has 0 spiro atoms. The van der Waals surface area contributed by atoms with Gasteiger partial charge in [-0.25, -0.2) is 13.1 Å². The third-order valence-corrected chi connectivity index (χ3v) is 9.11. The number of para-hydroxylation sites is 1. The van der Waals surface area contributed by atoms with Gasteiger partial charge in [0, 0.05) is 12.6 Å². The van der Waals surface area contributed by atoms with Crippen molar-refractivity contribution in [1.29, 1.82) is 0 Å². The Morgan fingerprint density at radius 2 is 1.79 bits per heavy atom. The molecule has 4 rings (SSSR count). The Kier molecular flexibility index (Phi) is 6.61. The predicted octanol–water partition coefficient (Wildman–Crippen LogP) is 4.36. The van der Waals surface area contributed by atoms with Gasteiger partial charge in [-0.05, 0) is 51.8 Å². The summed E-state index contributed by atoms with van der Waals surface area (Å²) in [7, 11) is -3.85. The molecule has 2 aromatic carbocycles. The molecule has 1 aliphatic heterocycles. The molecule has 0 bridgehead atoms. The highest BCUT2D eigenvalue weighted by atomic mass is 32.2. The lowest BCUT2D eigenvalue weighted by atomic mass is 10.2. The molecule has 3 aromatic rings. The Balaban J connectivity index is 1.65. The molecule has 2 heterocycles. The van der Waals surface area contributed by atoms with E-state index in [9.17, 15) is 23.3 Å². The molecule has 1 fully saturated rings. The van der Waals surface area contributed by atoms with Crippen molar-refractivity contribution < 1.29 is 18.1 Å². The first kappa shape index (κ1) is 24.1. The van der Waals surface area contributed by atoms with E-state index < -0.39 is 26.9 Å². The topological polar surface area (TPSA) is 115 Å². The van der Waals surface area contributed by atoms with Crippen LogP contribution < -0.4 is 0 Å². The number of benzene rings is 2. The van der Waals surface area contributed by atoms with Crippen molar-refractivity contribution in [2.75, 3.05) is 6.54 Å². The molecule has 9 nitrogen and oxygen atoms in total. The highest BCUT2D eigenvalue weighted by Gasteiger charge is 2.41. The molecule has 1 aromatic heterocycles. The molecule has 0 saturated carbocycles. The second kappa shape index (κ2) is 9.32. The minimum absolute atomic E-state index is 0.0310. The number of nitro groups is 1. The summed E-state index contributed by atoms with van der Waals surface area (Å²) in [5, 5.41) is 15.8. The van der Waals surface area contributed by atoms with Crippen molar-refractivity contribution in [3.05, 3.63) is 75.6 Å². The van der Waals surface area contributed by atoms with Gasteiger partial charge in [0.15, 0.2) is 0 Å². The van der Waals surface area contributed by atoms with Crippen LogP contribution in [-0.4, -0.2) is 45.9 Å². The minimum atomic E-state index is -3.85. The van der Waals surface area contributed by atoms with Crippen LogP contribution in [0.15, 0.2) is 63.2 Å². The van der Waals surface area contributed by atoms with Crippen LogP contribution >= 0.6 is 11.8 Å². The first-order valence-electron chi connectivity index (χ1n) is 10.7. The number of sulfonamides is 1. The molecule has 1 aliphatic rings. The highest BCUT2D eigenvalue weighted by Crippen LogP contribution is 2.38. The van der Waals surface area contributed by atoms with Crippen molar-refractivity contribution in [3.8, 4) is 0 Å². The zero-order chi connectivity index (χ0) is 24.6. The number of carbonyl (C=O) groups is 1. The fourth-order valence-corrected chi connectivity index (χ4v) is 6.74. The molecular weight excluding hydrogens is 476 g/mol. The van der Waals surface area contributed by atoms with E-state index in [1.165, 1.54) is 26.8 Å². The van der Waals surface area contributed by atoms with Crippen molar-refractivity contribution in [2.24, 2.45) is 0 Å². The Labute approximate surface area is 202 Å². The third-order valence-electron chi connectivity index (χ3n) is 5.82. The lowest BCUT2D eigenvalue weighted by Gasteiger charge is -2.23. The minimum Gasteiger partial charge on any atom is -0.271 e. The predicted molar refractivity (Wildman–Crippen MR) is 128 cm³/mol. The summed E-state index contributed by atoms with van der Waals surface area (Å²) in [6.07, 6.45) is 0.966. The first-order chi connectivity index (χ1) is 16.1. The fourth-order valence-electron chi connectivity index (χ4n) is 4.06. The average Bonchev–Trinajstić information content (AvgIpc) is 3.41. The van der Waals surface area contributed by atoms with Gasteiger partial charge in [-0.2, -0.15) is 9.40 Å². The van der Waals surface area contributed by atoms with Crippen LogP contribution in [0.2, 0.25) is 0 Å². The maximum Gasteiger partial charge on any atom is 0.283 e. The van der Waals surface area contributed by atoms with E-state index in [0.29, 0.717) is 34.0 Å². The van der Waals surface area contributed by atoms with E-state index in [2.05, 4.69) is 5.10 Å². The van der Waals surface area contributed by atoms with Gasteiger partial charge in [0.25, 0.3) is 11.6 Å². The number of nitro benzene ring substituents is 1. The molecule has 0 N–H and O–H groups in total. The number of hydrogen-bond donors (Lipinski definition) is 0. The van der Waals surface area contributed by atoms with Gasteiger partial charge in [-0.15, -0.1) is 0 Å². The molecule has 11 heteroatoms. The largest absolute Gasteiger partial charge is 0.283 e. The molecule has 1 atom stereocenters. The number of hydrogen-bond acceptors (Lipinski definition) is 7. The van der Waals surface area contributed by atoms with E-state index in [1.807, 2.05) is 6.92 Å². The summed E-state index contributed by atoms with van der Waals surface area (Å²) < 4.78 is 29.0. The zero-order valence-electron chi connectivity index (χ0n) is 19.0. The second-order valence-electron chi connectivity index (χ2n) is 8.16. The maximum absolute atomic E-state index is 13.5.